The molecule has 3 atom stereocenters. The van der Waals surface area contributed by atoms with Gasteiger partial charge in [-0.3, -0.25) is 14.8 Å². The highest BCUT2D eigenvalue weighted by Gasteiger charge is 2.27. The number of hydrogen-bond acceptors (Lipinski definition) is 5. The minimum atomic E-state index is 0.293. The Labute approximate surface area is 168 Å². The molecule has 0 spiro atoms. The van der Waals surface area contributed by atoms with Gasteiger partial charge in [0.1, 0.15) is 0 Å². The minimum Gasteiger partial charge on any atom is -0.376 e. The largest absolute Gasteiger partial charge is 0.376 e. The number of likely N-dealkylation sites (N-methyl/N-ethyl adjacent to an activating group) is 1. The quantitative estimate of drug-likeness (QED) is 0.549. The van der Waals surface area contributed by atoms with Crippen molar-refractivity contribution >= 4 is 17.3 Å². The van der Waals surface area contributed by atoms with E-state index in [1.807, 2.05) is 18.4 Å². The van der Waals surface area contributed by atoms with Gasteiger partial charge in [-0.15, -0.1) is 11.3 Å². The van der Waals surface area contributed by atoms with Crippen molar-refractivity contribution in [2.75, 3.05) is 52.9 Å². The van der Waals surface area contributed by atoms with Crippen molar-refractivity contribution in [3.8, 4) is 0 Å². The fraction of sp³-hybridized carbons (Fsp3) is 0.750. The van der Waals surface area contributed by atoms with E-state index in [1.54, 1.807) is 0 Å². The molecule has 0 bridgehead atoms. The Hall–Kier alpha value is -1.15. The molecule has 27 heavy (non-hydrogen) atoms. The summed E-state index contributed by atoms with van der Waals surface area (Å²) < 4.78 is 5.74. The van der Waals surface area contributed by atoms with E-state index in [0.717, 1.165) is 45.3 Å². The monoisotopic (exact) mass is 393 g/mol. The Kier molecular flexibility index (Phi) is 7.93. The summed E-state index contributed by atoms with van der Waals surface area (Å²) in [6.07, 6.45) is 2.88. The summed E-state index contributed by atoms with van der Waals surface area (Å²) in [6.45, 7) is 11.4. The maximum Gasteiger partial charge on any atom is 0.191 e. The molecule has 2 aliphatic rings. The lowest BCUT2D eigenvalue weighted by Crippen LogP contribution is -2.49. The van der Waals surface area contributed by atoms with Crippen molar-refractivity contribution in [3.63, 3.8) is 0 Å². The summed E-state index contributed by atoms with van der Waals surface area (Å²) in [6, 6.07) is 5.37. The van der Waals surface area contributed by atoms with Gasteiger partial charge < -0.3 is 15.4 Å². The zero-order chi connectivity index (χ0) is 19.1. The molecule has 0 aromatic carbocycles. The molecule has 0 aliphatic carbocycles. The van der Waals surface area contributed by atoms with Gasteiger partial charge in [-0.2, -0.15) is 0 Å². The number of guanidine groups is 1. The summed E-state index contributed by atoms with van der Waals surface area (Å²) in [5, 5.41) is 9.28. The van der Waals surface area contributed by atoms with E-state index in [4.69, 9.17) is 4.74 Å². The van der Waals surface area contributed by atoms with Crippen LogP contribution in [-0.4, -0.2) is 80.8 Å². The fourth-order valence-electron chi connectivity index (χ4n) is 4.19. The van der Waals surface area contributed by atoms with Gasteiger partial charge in [-0.1, -0.05) is 13.0 Å². The first-order chi connectivity index (χ1) is 13.2. The first-order valence-electron chi connectivity index (χ1n) is 10.3. The van der Waals surface area contributed by atoms with Gasteiger partial charge in [0.2, 0.25) is 0 Å². The number of morpholine rings is 1. The summed E-state index contributed by atoms with van der Waals surface area (Å²) in [5.41, 5.74) is 0. The van der Waals surface area contributed by atoms with Crippen LogP contribution in [0.2, 0.25) is 0 Å². The lowest BCUT2D eigenvalue weighted by Gasteiger charge is -2.37. The van der Waals surface area contributed by atoms with Crippen molar-refractivity contribution in [1.82, 2.24) is 20.4 Å². The highest BCUT2D eigenvalue weighted by Crippen LogP contribution is 2.26. The average molecular weight is 394 g/mol. The standard InChI is InChI=1S/C20H35N5OS/c1-4-24-9-5-7-17(24)13-22-20(21-3)23-14-18(19-8-6-12-27-19)25-10-11-26-16(2)15-25/h6,8,12,16-18H,4-5,7,9-11,13-15H2,1-3H3,(H2,21,22,23). The number of rotatable bonds is 7. The number of nitrogens with one attached hydrogen (secondary N) is 2. The van der Waals surface area contributed by atoms with Crippen LogP contribution in [0, 0.1) is 0 Å². The van der Waals surface area contributed by atoms with E-state index in [2.05, 4.69) is 56.8 Å². The van der Waals surface area contributed by atoms with Crippen molar-refractivity contribution in [2.45, 2.75) is 44.9 Å². The number of hydrogen-bond donors (Lipinski definition) is 2. The number of thiophene rings is 1. The molecule has 6 nitrogen and oxygen atoms in total. The van der Waals surface area contributed by atoms with Gasteiger partial charge >= 0.3 is 0 Å². The van der Waals surface area contributed by atoms with E-state index in [1.165, 1.54) is 24.3 Å². The molecule has 1 aromatic heterocycles. The third-order valence-electron chi connectivity index (χ3n) is 5.68. The molecule has 3 unspecified atom stereocenters. The van der Waals surface area contributed by atoms with Crippen molar-refractivity contribution in [2.24, 2.45) is 4.99 Å². The maximum atomic E-state index is 5.74. The molecule has 1 aromatic rings. The summed E-state index contributed by atoms with van der Waals surface area (Å²) in [7, 11) is 1.86. The van der Waals surface area contributed by atoms with E-state index >= 15 is 0 Å². The summed E-state index contributed by atoms with van der Waals surface area (Å²) in [5.74, 6) is 0.904. The topological polar surface area (TPSA) is 52.1 Å². The molecule has 7 heteroatoms. The Morgan fingerprint density at radius 3 is 3.00 bits per heavy atom. The second-order valence-corrected chi connectivity index (χ2v) is 8.45. The molecule has 0 amide bonds. The molecule has 0 radical (unpaired) electrons. The fourth-order valence-corrected chi connectivity index (χ4v) is 5.05. The smallest absolute Gasteiger partial charge is 0.191 e. The molecule has 3 rings (SSSR count). The first kappa shape index (κ1) is 20.6. The molecule has 3 heterocycles. The molecule has 152 valence electrons. The van der Waals surface area contributed by atoms with E-state index in [-0.39, 0.29) is 0 Å². The zero-order valence-electron chi connectivity index (χ0n) is 17.0. The van der Waals surface area contributed by atoms with Crippen LogP contribution in [0.3, 0.4) is 0 Å². The van der Waals surface area contributed by atoms with Crippen LogP contribution in [-0.2, 0) is 4.74 Å². The predicted molar refractivity (Wildman–Crippen MR) is 114 cm³/mol. The van der Waals surface area contributed by atoms with Crippen LogP contribution in [0.15, 0.2) is 22.5 Å². The molecule has 2 N–H and O–H groups in total. The lowest BCUT2D eigenvalue weighted by molar-refractivity contribution is -0.0334. The summed E-state index contributed by atoms with van der Waals surface area (Å²) >= 11 is 1.83. The number of aliphatic imine (C=N–C) groups is 1. The number of likely N-dealkylation sites (tertiary alicyclic amines) is 1. The lowest BCUT2D eigenvalue weighted by atomic mass is 10.1. The highest BCUT2D eigenvalue weighted by molar-refractivity contribution is 7.10. The average Bonchev–Trinajstić information content (AvgIpc) is 3.36. The third kappa shape index (κ3) is 5.67. The van der Waals surface area contributed by atoms with Crippen LogP contribution in [0.5, 0.6) is 0 Å². The predicted octanol–water partition coefficient (Wildman–Crippen LogP) is 2.16. The van der Waals surface area contributed by atoms with Gasteiger partial charge in [-0.25, -0.2) is 0 Å². The highest BCUT2D eigenvalue weighted by atomic mass is 32.1. The van der Waals surface area contributed by atoms with Gasteiger partial charge in [-0.05, 0) is 44.3 Å². The SMILES string of the molecule is CCN1CCCC1CNC(=NC)NCC(c1cccs1)N1CCOC(C)C1. The van der Waals surface area contributed by atoms with Crippen LogP contribution in [0.4, 0.5) is 0 Å². The van der Waals surface area contributed by atoms with E-state index in [0.29, 0.717) is 18.2 Å². The molecule has 0 saturated carbocycles. The third-order valence-corrected chi connectivity index (χ3v) is 6.66. The number of nitrogens with zero attached hydrogens (tertiary/aromatic N) is 3. The zero-order valence-corrected chi connectivity index (χ0v) is 17.8. The minimum absolute atomic E-state index is 0.293. The van der Waals surface area contributed by atoms with Crippen molar-refractivity contribution in [1.29, 1.82) is 0 Å². The van der Waals surface area contributed by atoms with Gasteiger partial charge in [0.15, 0.2) is 5.96 Å². The molecule has 2 aliphatic heterocycles. The van der Waals surface area contributed by atoms with Gasteiger partial charge in [0.25, 0.3) is 0 Å². The molecular weight excluding hydrogens is 358 g/mol. The first-order valence-corrected chi connectivity index (χ1v) is 11.2. The molecule has 2 saturated heterocycles. The Morgan fingerprint density at radius 2 is 2.30 bits per heavy atom. The van der Waals surface area contributed by atoms with Gasteiger partial charge in [0, 0.05) is 44.1 Å². The van der Waals surface area contributed by atoms with Gasteiger partial charge in [0.05, 0.1) is 18.8 Å². The number of ether oxygens (including phenoxy) is 1. The van der Waals surface area contributed by atoms with Crippen LogP contribution >= 0.6 is 11.3 Å². The Morgan fingerprint density at radius 1 is 1.41 bits per heavy atom. The second kappa shape index (κ2) is 10.4. The second-order valence-electron chi connectivity index (χ2n) is 7.47. The summed E-state index contributed by atoms with van der Waals surface area (Å²) in [4.78, 5) is 10.9. The Balaban J connectivity index is 1.55. The Bertz CT molecular complexity index is 579. The molecule has 2 fully saturated rings. The van der Waals surface area contributed by atoms with Crippen LogP contribution < -0.4 is 10.6 Å². The van der Waals surface area contributed by atoms with Crippen molar-refractivity contribution in [3.05, 3.63) is 22.4 Å². The van der Waals surface area contributed by atoms with Crippen LogP contribution in [0.25, 0.3) is 0 Å². The maximum absolute atomic E-state index is 5.74. The van der Waals surface area contributed by atoms with Crippen LogP contribution in [0.1, 0.15) is 37.6 Å². The molecular formula is C20H35N5OS. The normalized spacial score (nSPS) is 26.3. The van der Waals surface area contributed by atoms with E-state index < -0.39 is 0 Å². The van der Waals surface area contributed by atoms with Crippen molar-refractivity contribution < 1.29 is 4.74 Å². The van der Waals surface area contributed by atoms with E-state index in [9.17, 15) is 0 Å².